The van der Waals surface area contributed by atoms with Crippen LogP contribution < -0.4 is 10.1 Å². The van der Waals surface area contributed by atoms with Crippen molar-refractivity contribution in [1.29, 1.82) is 0 Å². The first-order valence-electron chi connectivity index (χ1n) is 6.47. The van der Waals surface area contributed by atoms with Gasteiger partial charge >= 0.3 is 12.0 Å². The Kier molecular flexibility index (Phi) is 6.81. The Morgan fingerprint density at radius 1 is 1.43 bits per heavy atom. The maximum atomic E-state index is 11.9. The van der Waals surface area contributed by atoms with Crippen molar-refractivity contribution in [3.05, 3.63) is 28.8 Å². The summed E-state index contributed by atoms with van der Waals surface area (Å²) < 4.78 is 5.20. The van der Waals surface area contributed by atoms with Gasteiger partial charge in [-0.05, 0) is 18.6 Å². The zero-order valence-electron chi connectivity index (χ0n) is 12.1. The number of ether oxygens (including phenoxy) is 1. The van der Waals surface area contributed by atoms with Gasteiger partial charge in [-0.1, -0.05) is 17.7 Å². The third-order valence-electron chi connectivity index (χ3n) is 2.94. The van der Waals surface area contributed by atoms with E-state index in [1.165, 1.54) is 12.0 Å². The zero-order valence-corrected chi connectivity index (χ0v) is 12.8. The Bertz CT molecular complexity index is 508. The predicted molar refractivity (Wildman–Crippen MR) is 79.7 cm³/mol. The molecule has 1 aromatic rings. The summed E-state index contributed by atoms with van der Waals surface area (Å²) in [6, 6.07) is 4.97. The van der Waals surface area contributed by atoms with Gasteiger partial charge in [0.1, 0.15) is 5.75 Å². The molecule has 0 bridgehead atoms. The Hall–Kier alpha value is -1.95. The number of carbonyl (C=O) groups excluding carboxylic acids is 1. The monoisotopic (exact) mass is 314 g/mol. The van der Waals surface area contributed by atoms with Crippen LogP contribution in [0.3, 0.4) is 0 Å². The van der Waals surface area contributed by atoms with Crippen molar-refractivity contribution in [2.24, 2.45) is 0 Å². The van der Waals surface area contributed by atoms with Crippen LogP contribution in [0.1, 0.15) is 18.4 Å². The molecule has 1 aromatic carbocycles. The normalized spacial score (nSPS) is 10.0. The number of hydrogen-bond acceptors (Lipinski definition) is 3. The number of carboxylic acids is 1. The van der Waals surface area contributed by atoms with Gasteiger partial charge in [-0.2, -0.15) is 0 Å². The van der Waals surface area contributed by atoms with Crippen LogP contribution in [0.5, 0.6) is 5.75 Å². The standard InChI is InChI=1S/C14H19ClN2O4/c1-17(8-4-7-13(18)19)14(20)16-9-10-11(15)5-3-6-12(10)21-2/h3,5-6H,4,7-9H2,1-2H3,(H,16,20)(H,18,19). The number of benzene rings is 1. The third kappa shape index (κ3) is 5.51. The highest BCUT2D eigenvalue weighted by atomic mass is 35.5. The highest BCUT2D eigenvalue weighted by Crippen LogP contribution is 2.25. The molecule has 1 rings (SSSR count). The SMILES string of the molecule is COc1cccc(Cl)c1CNC(=O)N(C)CCCC(=O)O. The number of methoxy groups -OCH3 is 1. The molecular weight excluding hydrogens is 296 g/mol. The average Bonchev–Trinajstić information content (AvgIpc) is 2.44. The number of carboxylic acid groups (broad SMARTS) is 1. The van der Waals surface area contributed by atoms with E-state index >= 15 is 0 Å². The lowest BCUT2D eigenvalue weighted by atomic mass is 10.2. The topological polar surface area (TPSA) is 78.9 Å². The first-order chi connectivity index (χ1) is 9.95. The van der Waals surface area contributed by atoms with Gasteiger partial charge < -0.3 is 20.1 Å². The van der Waals surface area contributed by atoms with Crippen molar-refractivity contribution < 1.29 is 19.4 Å². The van der Waals surface area contributed by atoms with Gasteiger partial charge in [-0.15, -0.1) is 0 Å². The number of nitrogens with one attached hydrogen (secondary N) is 1. The molecule has 7 heteroatoms. The molecule has 0 radical (unpaired) electrons. The molecule has 0 saturated carbocycles. The molecule has 0 unspecified atom stereocenters. The summed E-state index contributed by atoms with van der Waals surface area (Å²) >= 11 is 6.08. The van der Waals surface area contributed by atoms with Gasteiger partial charge in [0.2, 0.25) is 0 Å². The molecule has 0 saturated heterocycles. The molecule has 21 heavy (non-hydrogen) atoms. The fraction of sp³-hybridized carbons (Fsp3) is 0.429. The maximum absolute atomic E-state index is 11.9. The Morgan fingerprint density at radius 2 is 2.14 bits per heavy atom. The molecular formula is C14H19ClN2O4. The minimum absolute atomic E-state index is 0.0377. The van der Waals surface area contributed by atoms with E-state index in [-0.39, 0.29) is 19.0 Å². The molecule has 116 valence electrons. The van der Waals surface area contributed by atoms with E-state index in [1.54, 1.807) is 25.2 Å². The molecule has 0 aliphatic rings. The van der Waals surface area contributed by atoms with Crippen LogP contribution in [-0.2, 0) is 11.3 Å². The number of halogens is 1. The second-order valence-corrected chi connectivity index (χ2v) is 4.91. The van der Waals surface area contributed by atoms with E-state index in [9.17, 15) is 9.59 Å². The summed E-state index contributed by atoms with van der Waals surface area (Å²) in [5.74, 6) is -0.263. The first-order valence-corrected chi connectivity index (χ1v) is 6.85. The summed E-state index contributed by atoms with van der Waals surface area (Å²) in [7, 11) is 3.15. The zero-order chi connectivity index (χ0) is 15.8. The van der Waals surface area contributed by atoms with Crippen molar-refractivity contribution >= 4 is 23.6 Å². The van der Waals surface area contributed by atoms with Gasteiger partial charge in [-0.25, -0.2) is 4.79 Å². The van der Waals surface area contributed by atoms with E-state index in [4.69, 9.17) is 21.4 Å². The first kappa shape index (κ1) is 17.1. The van der Waals surface area contributed by atoms with Crippen LogP contribution in [0.4, 0.5) is 4.79 Å². The van der Waals surface area contributed by atoms with Crippen molar-refractivity contribution in [2.75, 3.05) is 20.7 Å². The lowest BCUT2D eigenvalue weighted by Gasteiger charge is -2.18. The van der Waals surface area contributed by atoms with Crippen molar-refractivity contribution in [2.45, 2.75) is 19.4 Å². The van der Waals surface area contributed by atoms with Crippen LogP contribution in [0, 0.1) is 0 Å². The van der Waals surface area contributed by atoms with E-state index in [0.29, 0.717) is 29.3 Å². The summed E-state index contributed by atoms with van der Waals surface area (Å²) in [5, 5.41) is 11.8. The van der Waals surface area contributed by atoms with Gasteiger partial charge in [-0.3, -0.25) is 4.79 Å². The lowest BCUT2D eigenvalue weighted by Crippen LogP contribution is -2.37. The molecule has 0 heterocycles. The lowest BCUT2D eigenvalue weighted by molar-refractivity contribution is -0.137. The second-order valence-electron chi connectivity index (χ2n) is 4.50. The fourth-order valence-corrected chi connectivity index (χ4v) is 2.00. The van der Waals surface area contributed by atoms with Crippen LogP contribution in [0.15, 0.2) is 18.2 Å². The highest BCUT2D eigenvalue weighted by Gasteiger charge is 2.12. The minimum atomic E-state index is -0.871. The summed E-state index contributed by atoms with van der Waals surface area (Å²) in [6.45, 7) is 0.614. The summed E-state index contributed by atoms with van der Waals surface area (Å²) in [4.78, 5) is 23.7. The molecule has 0 spiro atoms. The molecule has 0 aliphatic heterocycles. The van der Waals surface area contributed by atoms with Crippen LogP contribution in [0.2, 0.25) is 5.02 Å². The number of rotatable bonds is 7. The van der Waals surface area contributed by atoms with E-state index < -0.39 is 5.97 Å². The van der Waals surface area contributed by atoms with Crippen LogP contribution in [0.25, 0.3) is 0 Å². The van der Waals surface area contributed by atoms with Crippen molar-refractivity contribution in [3.8, 4) is 5.75 Å². The molecule has 0 aliphatic carbocycles. The van der Waals surface area contributed by atoms with Gasteiger partial charge in [0.05, 0.1) is 7.11 Å². The quantitative estimate of drug-likeness (QED) is 0.809. The molecule has 6 nitrogen and oxygen atoms in total. The Labute approximate surface area is 128 Å². The third-order valence-corrected chi connectivity index (χ3v) is 3.30. The average molecular weight is 315 g/mol. The van der Waals surface area contributed by atoms with E-state index in [1.807, 2.05) is 0 Å². The summed E-state index contributed by atoms with van der Waals surface area (Å²) in [6.07, 6.45) is 0.449. The van der Waals surface area contributed by atoms with Crippen LogP contribution >= 0.6 is 11.6 Å². The fourth-order valence-electron chi connectivity index (χ4n) is 1.77. The highest BCUT2D eigenvalue weighted by molar-refractivity contribution is 6.31. The largest absolute Gasteiger partial charge is 0.496 e. The predicted octanol–water partition coefficient (Wildman–Crippen LogP) is 2.35. The van der Waals surface area contributed by atoms with Crippen molar-refractivity contribution in [3.63, 3.8) is 0 Å². The molecule has 0 fully saturated rings. The summed E-state index contributed by atoms with van der Waals surface area (Å²) in [5.41, 5.74) is 0.703. The Balaban J connectivity index is 2.51. The number of aliphatic carboxylic acids is 1. The van der Waals surface area contributed by atoms with Gasteiger partial charge in [0, 0.05) is 37.1 Å². The maximum Gasteiger partial charge on any atom is 0.317 e. The molecule has 0 aromatic heterocycles. The molecule has 2 N–H and O–H groups in total. The van der Waals surface area contributed by atoms with Crippen molar-refractivity contribution in [1.82, 2.24) is 10.2 Å². The van der Waals surface area contributed by atoms with Gasteiger partial charge in [0.15, 0.2) is 0 Å². The molecule has 0 atom stereocenters. The number of urea groups is 1. The van der Waals surface area contributed by atoms with E-state index in [0.717, 1.165) is 0 Å². The smallest absolute Gasteiger partial charge is 0.317 e. The second kappa shape index (κ2) is 8.36. The minimum Gasteiger partial charge on any atom is -0.496 e. The van der Waals surface area contributed by atoms with Gasteiger partial charge in [0.25, 0.3) is 0 Å². The number of hydrogen-bond donors (Lipinski definition) is 2. The van der Waals surface area contributed by atoms with Crippen LogP contribution in [-0.4, -0.2) is 42.7 Å². The number of carbonyl (C=O) groups is 2. The Morgan fingerprint density at radius 3 is 2.76 bits per heavy atom. The number of amides is 2. The van der Waals surface area contributed by atoms with E-state index in [2.05, 4.69) is 5.32 Å². The molecule has 2 amide bonds. The number of nitrogens with zero attached hydrogens (tertiary/aromatic N) is 1.